The maximum atomic E-state index is 12.5. The Kier molecular flexibility index (Phi) is 4.41. The molecule has 0 bridgehead atoms. The predicted molar refractivity (Wildman–Crippen MR) is 88.0 cm³/mol. The number of carbonyl (C=O) groups is 1. The van der Waals surface area contributed by atoms with Gasteiger partial charge in [0.2, 0.25) is 5.91 Å². The SMILES string of the molecule is CC(C)[C@@H]1CCCN1C(=O)CCn1nnc2ccccc2c1=O. The normalized spacial score (nSPS) is 18.0. The molecule has 122 valence electrons. The van der Waals surface area contributed by atoms with Crippen LogP contribution in [0.4, 0.5) is 0 Å². The fraction of sp³-hybridized carbons (Fsp3) is 0.529. The molecule has 6 nitrogen and oxygen atoms in total. The van der Waals surface area contributed by atoms with Crippen molar-refractivity contribution in [3.8, 4) is 0 Å². The first-order chi connectivity index (χ1) is 11.1. The summed E-state index contributed by atoms with van der Waals surface area (Å²) >= 11 is 0. The van der Waals surface area contributed by atoms with Gasteiger partial charge < -0.3 is 4.90 Å². The van der Waals surface area contributed by atoms with Crippen molar-refractivity contribution >= 4 is 16.8 Å². The van der Waals surface area contributed by atoms with Crippen molar-refractivity contribution in [2.75, 3.05) is 6.54 Å². The topological polar surface area (TPSA) is 68.1 Å². The third kappa shape index (κ3) is 3.11. The minimum absolute atomic E-state index is 0.100. The zero-order valence-electron chi connectivity index (χ0n) is 13.6. The highest BCUT2D eigenvalue weighted by Gasteiger charge is 2.30. The summed E-state index contributed by atoms with van der Waals surface area (Å²) in [5, 5.41) is 8.53. The van der Waals surface area contributed by atoms with E-state index in [1.165, 1.54) is 4.68 Å². The molecule has 1 atom stereocenters. The Morgan fingerprint density at radius 1 is 1.35 bits per heavy atom. The number of aryl methyl sites for hydroxylation is 1. The van der Waals surface area contributed by atoms with Gasteiger partial charge in [0.25, 0.3) is 5.56 Å². The van der Waals surface area contributed by atoms with Crippen molar-refractivity contribution < 1.29 is 4.79 Å². The summed E-state index contributed by atoms with van der Waals surface area (Å²) in [5.74, 6) is 0.563. The second-order valence-corrected chi connectivity index (χ2v) is 6.43. The molecule has 1 aromatic carbocycles. The molecule has 0 aliphatic carbocycles. The van der Waals surface area contributed by atoms with Crippen LogP contribution in [0.15, 0.2) is 29.1 Å². The molecule has 6 heteroatoms. The third-order valence-corrected chi connectivity index (χ3v) is 4.56. The molecule has 1 saturated heterocycles. The van der Waals surface area contributed by atoms with Gasteiger partial charge in [0.1, 0.15) is 5.52 Å². The lowest BCUT2D eigenvalue weighted by Crippen LogP contribution is -2.39. The molecule has 0 N–H and O–H groups in total. The molecule has 1 amide bonds. The van der Waals surface area contributed by atoms with E-state index in [1.54, 1.807) is 18.2 Å². The van der Waals surface area contributed by atoms with Gasteiger partial charge in [-0.15, -0.1) is 5.10 Å². The van der Waals surface area contributed by atoms with E-state index in [-0.39, 0.29) is 24.4 Å². The van der Waals surface area contributed by atoms with E-state index >= 15 is 0 Å². The quantitative estimate of drug-likeness (QED) is 0.863. The zero-order chi connectivity index (χ0) is 16.4. The predicted octanol–water partition coefficient (Wildman–Crippen LogP) is 1.83. The minimum Gasteiger partial charge on any atom is -0.339 e. The van der Waals surface area contributed by atoms with Gasteiger partial charge in [0.15, 0.2) is 0 Å². The molecule has 0 spiro atoms. The average molecular weight is 314 g/mol. The number of hydrogen-bond donors (Lipinski definition) is 0. The highest BCUT2D eigenvalue weighted by molar-refractivity contribution is 5.77. The molecule has 2 aromatic rings. The van der Waals surface area contributed by atoms with Gasteiger partial charge in [0.05, 0.1) is 11.9 Å². The van der Waals surface area contributed by atoms with Crippen molar-refractivity contribution in [2.45, 2.75) is 45.7 Å². The molecule has 2 heterocycles. The minimum atomic E-state index is -0.190. The first kappa shape index (κ1) is 15.6. The molecule has 1 aliphatic heterocycles. The van der Waals surface area contributed by atoms with E-state index < -0.39 is 0 Å². The Hall–Kier alpha value is -2.24. The van der Waals surface area contributed by atoms with Crippen LogP contribution in [0.2, 0.25) is 0 Å². The standard InChI is InChI=1S/C17H22N4O2/c1-12(2)15-8-5-10-20(15)16(22)9-11-21-17(23)13-6-3-4-7-14(13)18-19-21/h3-4,6-7,12,15H,5,8-11H2,1-2H3/t15-/m0/s1. The summed E-state index contributed by atoms with van der Waals surface area (Å²) < 4.78 is 1.29. The molecular formula is C17H22N4O2. The van der Waals surface area contributed by atoms with Crippen molar-refractivity contribution in [3.05, 3.63) is 34.6 Å². The molecule has 3 rings (SSSR count). The summed E-state index contributed by atoms with van der Waals surface area (Å²) in [6.45, 7) is 5.39. The van der Waals surface area contributed by atoms with Gasteiger partial charge in [-0.05, 0) is 30.9 Å². The van der Waals surface area contributed by atoms with E-state index in [4.69, 9.17) is 0 Å². The molecule has 0 saturated carbocycles. The van der Waals surface area contributed by atoms with Crippen LogP contribution in [-0.2, 0) is 11.3 Å². The maximum absolute atomic E-state index is 12.5. The number of amides is 1. The van der Waals surface area contributed by atoms with E-state index in [0.717, 1.165) is 19.4 Å². The second-order valence-electron chi connectivity index (χ2n) is 6.43. The van der Waals surface area contributed by atoms with Crippen LogP contribution in [0.5, 0.6) is 0 Å². The Labute approximate surface area is 135 Å². The van der Waals surface area contributed by atoms with E-state index in [0.29, 0.717) is 22.9 Å². The van der Waals surface area contributed by atoms with Crippen molar-refractivity contribution in [2.24, 2.45) is 5.92 Å². The van der Waals surface area contributed by atoms with Gasteiger partial charge in [0, 0.05) is 19.0 Å². The first-order valence-electron chi connectivity index (χ1n) is 8.20. The summed E-state index contributed by atoms with van der Waals surface area (Å²) in [6, 6.07) is 7.44. The van der Waals surface area contributed by atoms with E-state index in [2.05, 4.69) is 24.2 Å². The number of nitrogens with zero attached hydrogens (tertiary/aromatic N) is 4. The van der Waals surface area contributed by atoms with Crippen LogP contribution < -0.4 is 5.56 Å². The van der Waals surface area contributed by atoms with E-state index in [1.807, 2.05) is 11.0 Å². The number of aromatic nitrogens is 3. The fourth-order valence-electron chi connectivity index (χ4n) is 3.31. The summed E-state index contributed by atoms with van der Waals surface area (Å²) in [7, 11) is 0. The van der Waals surface area contributed by atoms with Crippen LogP contribution in [0.3, 0.4) is 0 Å². The Bertz CT molecular complexity index is 769. The number of fused-ring (bicyclic) bond motifs is 1. The van der Waals surface area contributed by atoms with Crippen molar-refractivity contribution in [1.82, 2.24) is 19.9 Å². The highest BCUT2D eigenvalue weighted by atomic mass is 16.2. The van der Waals surface area contributed by atoms with Crippen LogP contribution in [0.1, 0.15) is 33.1 Å². The second kappa shape index (κ2) is 6.48. The number of likely N-dealkylation sites (tertiary alicyclic amines) is 1. The Morgan fingerprint density at radius 3 is 2.91 bits per heavy atom. The monoisotopic (exact) mass is 314 g/mol. The maximum Gasteiger partial charge on any atom is 0.277 e. The van der Waals surface area contributed by atoms with Gasteiger partial charge in [-0.3, -0.25) is 9.59 Å². The molecule has 23 heavy (non-hydrogen) atoms. The van der Waals surface area contributed by atoms with Crippen molar-refractivity contribution in [1.29, 1.82) is 0 Å². The first-order valence-corrected chi connectivity index (χ1v) is 8.20. The highest BCUT2D eigenvalue weighted by Crippen LogP contribution is 2.24. The number of hydrogen-bond acceptors (Lipinski definition) is 4. The number of carbonyl (C=O) groups excluding carboxylic acids is 1. The van der Waals surface area contributed by atoms with Gasteiger partial charge >= 0.3 is 0 Å². The number of rotatable bonds is 4. The average Bonchev–Trinajstić information content (AvgIpc) is 3.04. The fourth-order valence-corrected chi connectivity index (χ4v) is 3.31. The Balaban J connectivity index is 1.72. The molecule has 1 fully saturated rings. The zero-order valence-corrected chi connectivity index (χ0v) is 13.6. The molecule has 0 unspecified atom stereocenters. The number of benzene rings is 1. The molecule has 1 aliphatic rings. The van der Waals surface area contributed by atoms with E-state index in [9.17, 15) is 9.59 Å². The van der Waals surface area contributed by atoms with Gasteiger partial charge in [-0.25, -0.2) is 4.68 Å². The molecule has 0 radical (unpaired) electrons. The smallest absolute Gasteiger partial charge is 0.277 e. The molecular weight excluding hydrogens is 292 g/mol. The summed E-state index contributed by atoms with van der Waals surface area (Å²) in [5.41, 5.74) is 0.393. The largest absolute Gasteiger partial charge is 0.339 e. The lowest BCUT2D eigenvalue weighted by Gasteiger charge is -2.27. The summed E-state index contributed by atoms with van der Waals surface area (Å²) in [4.78, 5) is 26.8. The van der Waals surface area contributed by atoms with Gasteiger partial charge in [-0.2, -0.15) is 0 Å². The lowest BCUT2D eigenvalue weighted by atomic mass is 10.0. The van der Waals surface area contributed by atoms with Crippen LogP contribution in [0, 0.1) is 5.92 Å². The third-order valence-electron chi connectivity index (χ3n) is 4.56. The van der Waals surface area contributed by atoms with Crippen LogP contribution in [0.25, 0.3) is 10.9 Å². The van der Waals surface area contributed by atoms with Gasteiger partial charge in [-0.1, -0.05) is 31.2 Å². The Morgan fingerprint density at radius 2 is 2.13 bits per heavy atom. The van der Waals surface area contributed by atoms with Crippen LogP contribution in [-0.4, -0.2) is 38.4 Å². The summed E-state index contributed by atoms with van der Waals surface area (Å²) in [6.07, 6.45) is 2.42. The molecule has 1 aromatic heterocycles. The lowest BCUT2D eigenvalue weighted by molar-refractivity contribution is -0.133. The van der Waals surface area contributed by atoms with Crippen LogP contribution >= 0.6 is 0 Å². The van der Waals surface area contributed by atoms with Crippen molar-refractivity contribution in [3.63, 3.8) is 0 Å².